The van der Waals surface area contributed by atoms with Crippen LogP contribution in [0, 0.1) is 21.3 Å². The monoisotopic (exact) mass is 713 g/mol. The van der Waals surface area contributed by atoms with Gasteiger partial charge in [-0.3, -0.25) is 11.8 Å². The van der Waals surface area contributed by atoms with Gasteiger partial charge in [-0.2, -0.15) is 0 Å². The molecule has 0 aliphatic heterocycles. The number of carbonyl (C=O) groups excluding carboxylic acids is 1. The van der Waals surface area contributed by atoms with E-state index in [1.165, 1.54) is 15.9 Å². The number of hydrogen-bond donors (Lipinski definition) is 1. The van der Waals surface area contributed by atoms with Crippen LogP contribution in [0.3, 0.4) is 0 Å². The number of hydrogen-bond acceptors (Lipinski definition) is 3. The van der Waals surface area contributed by atoms with E-state index < -0.39 is 7.92 Å². The fraction of sp³-hybridized carbons (Fsp3) is 0.0571. The number of aromatic hydroxyl groups is 1. The van der Waals surface area contributed by atoms with Crippen molar-refractivity contribution >= 4 is 58.5 Å². The van der Waals surface area contributed by atoms with E-state index >= 15 is 0 Å². The molecule has 0 bridgehead atoms. The zero-order valence-corrected chi connectivity index (χ0v) is 27.8. The molecule has 0 fully saturated rings. The zero-order chi connectivity index (χ0) is 28.0. The number of aliphatic imine (C=N–C) groups is 1. The van der Waals surface area contributed by atoms with E-state index in [9.17, 15) is 5.11 Å². The molecular weight excluding hydrogens is 678 g/mol. The fourth-order valence-electron chi connectivity index (χ4n) is 4.15. The Labute approximate surface area is 267 Å². The van der Waals surface area contributed by atoms with E-state index in [0.717, 1.165) is 26.9 Å². The van der Waals surface area contributed by atoms with Gasteiger partial charge >= 0.3 is 19.5 Å². The van der Waals surface area contributed by atoms with Crippen molar-refractivity contribution in [2.75, 3.05) is 0 Å². The molecule has 5 aromatic rings. The van der Waals surface area contributed by atoms with Crippen molar-refractivity contribution in [1.82, 2.24) is 0 Å². The van der Waals surface area contributed by atoms with E-state index in [1.54, 1.807) is 18.3 Å². The Balaban J connectivity index is 0.000000370. The van der Waals surface area contributed by atoms with Gasteiger partial charge in [-0.1, -0.05) is 82.7 Å². The maximum Gasteiger partial charge on any atom is 0.102 e. The molecule has 0 saturated heterocycles. The van der Waals surface area contributed by atoms with Crippen LogP contribution in [0.15, 0.2) is 137 Å². The van der Waals surface area contributed by atoms with Gasteiger partial charge in [-0.25, -0.2) is 0 Å². The van der Waals surface area contributed by atoms with Crippen molar-refractivity contribution in [3.05, 3.63) is 156 Å². The zero-order valence-electron chi connectivity index (χ0n) is 23.3. The molecule has 0 atom stereocenters. The van der Waals surface area contributed by atoms with Crippen LogP contribution in [0.5, 0.6) is 5.75 Å². The van der Waals surface area contributed by atoms with Gasteiger partial charge in [0.25, 0.3) is 0 Å². The van der Waals surface area contributed by atoms with Crippen LogP contribution >= 0.6 is 23.9 Å². The predicted molar refractivity (Wildman–Crippen MR) is 180 cm³/mol. The summed E-state index contributed by atoms with van der Waals surface area (Å²) in [6, 6.07) is 43.7. The van der Waals surface area contributed by atoms with Crippen molar-refractivity contribution in [2.24, 2.45) is 4.99 Å². The van der Waals surface area contributed by atoms with Gasteiger partial charge in [0.1, 0.15) is 21.7 Å². The molecule has 1 N–H and O–H groups in total. The van der Waals surface area contributed by atoms with E-state index in [-0.39, 0.29) is 32.7 Å². The van der Waals surface area contributed by atoms with Crippen molar-refractivity contribution < 1.29 is 29.4 Å². The smallest absolute Gasteiger partial charge is 0.0620 e. The van der Waals surface area contributed by atoms with Crippen LogP contribution in [-0.2, 0) is 24.3 Å². The van der Waals surface area contributed by atoms with E-state index in [2.05, 4.69) is 119 Å². The molecule has 0 heterocycles. The Bertz CT molecular complexity index is 1370. The van der Waals surface area contributed by atoms with Crippen LogP contribution in [0.1, 0.15) is 16.7 Å². The molecule has 41 heavy (non-hydrogen) atoms. The fourth-order valence-corrected chi connectivity index (χ4v) is 7.42. The number of benzene rings is 5. The maximum atomic E-state index is 9.67. The molecule has 1 radical (unpaired) electrons. The second-order valence-electron chi connectivity index (χ2n) is 8.68. The topological polar surface area (TPSA) is 49.7 Å². The molecular formula is C35H35BrNO2PRu. The summed E-state index contributed by atoms with van der Waals surface area (Å²) in [5, 5.41) is 14.0. The summed E-state index contributed by atoms with van der Waals surface area (Å²) in [6.45, 7) is 7.30. The molecule has 0 aliphatic rings. The Morgan fingerprint density at radius 3 is 1.44 bits per heavy atom. The van der Waals surface area contributed by atoms with Gasteiger partial charge < -0.3 is 17.3 Å². The van der Waals surface area contributed by atoms with Gasteiger partial charge in [0, 0.05) is 16.3 Å². The standard InChI is InChI=1S/C18H15P.C15H14BrNO.CHO.CH3.Ru.H/c1-4-10-16(11-5-1)19(17-12-6-2-7-13-17)18-14-8-3-9-15-18;1-10-7-13(16)8-11(2)15(10)17-9-12-5-3-4-6-14(12)18;1-2;;;/h1-15H;3-9,18H,1-2H3;1H;1H3;;/q;;2*-1;+1;/p+1. The van der Waals surface area contributed by atoms with Crippen molar-refractivity contribution in [2.45, 2.75) is 13.8 Å². The normalized spacial score (nSPS) is 9.85. The number of rotatable bonds is 5. The number of halogens is 1. The third kappa shape index (κ3) is 10.6. The van der Waals surface area contributed by atoms with E-state index in [1.807, 2.05) is 38.1 Å². The van der Waals surface area contributed by atoms with Crippen LogP contribution in [0.25, 0.3) is 0 Å². The van der Waals surface area contributed by atoms with Crippen LogP contribution in [0.2, 0.25) is 0 Å². The molecule has 0 spiro atoms. The first kappa shape index (κ1) is 35.8. The second kappa shape index (κ2) is 19.0. The largest absolute Gasteiger partial charge is 0.102 e. The maximum absolute atomic E-state index is 9.67. The molecule has 6 heteroatoms. The Morgan fingerprint density at radius 1 is 0.683 bits per heavy atom. The van der Waals surface area contributed by atoms with Crippen LogP contribution in [-0.4, -0.2) is 18.1 Å². The van der Waals surface area contributed by atoms with Gasteiger partial charge in [-0.05, 0) is 85.6 Å². The van der Waals surface area contributed by atoms with Gasteiger partial charge in [-0.15, -0.1) is 0 Å². The molecule has 0 unspecified atom stereocenters. The molecule has 0 amide bonds. The molecule has 5 rings (SSSR count). The predicted octanol–water partition coefficient (Wildman–Crippen LogP) is 7.61. The van der Waals surface area contributed by atoms with Crippen molar-refractivity contribution in [1.29, 1.82) is 0 Å². The average molecular weight is 714 g/mol. The first-order chi connectivity index (χ1) is 19.0. The molecule has 0 aromatic heterocycles. The molecule has 5 aromatic carbocycles. The minimum absolute atomic E-state index is 0. The second-order valence-corrected chi connectivity index (χ2v) is 12.1. The van der Waals surface area contributed by atoms with Gasteiger partial charge in [0.05, 0.1) is 13.6 Å². The Kier molecular flexibility index (Phi) is 16.6. The average Bonchev–Trinajstić information content (AvgIpc) is 2.97. The van der Waals surface area contributed by atoms with Crippen LogP contribution < -0.4 is 15.9 Å². The number of phenolic OH excluding ortho intramolecular Hbond substituents is 1. The SMILES string of the molecule is Cc1cc(Br)cc(C)c1N=Cc1ccccc1O.[CH-]=O.[CH3-].[RuH+].c1ccc([PH+](c2ccccc2)c2ccccc2)cc1. The van der Waals surface area contributed by atoms with Crippen molar-refractivity contribution in [3.8, 4) is 5.75 Å². The number of para-hydroxylation sites is 1. The summed E-state index contributed by atoms with van der Waals surface area (Å²) in [5.41, 5.74) is 3.88. The Hall–Kier alpha value is -3.23. The number of aryl methyl sites for hydroxylation is 2. The van der Waals surface area contributed by atoms with Gasteiger partial charge in [0.15, 0.2) is 0 Å². The molecule has 212 valence electrons. The first-order valence-corrected chi connectivity index (χ1v) is 14.7. The third-order valence-corrected chi connectivity index (χ3v) is 9.10. The minimum atomic E-state index is -0.877. The van der Waals surface area contributed by atoms with Crippen LogP contribution in [0.4, 0.5) is 5.69 Å². The minimum Gasteiger partial charge on any atom is -0.0620 e. The summed E-state index contributed by atoms with van der Waals surface area (Å²) in [4.78, 5) is 12.2. The summed E-state index contributed by atoms with van der Waals surface area (Å²) in [7, 11) is -0.877. The summed E-state index contributed by atoms with van der Waals surface area (Å²) in [5.74, 6) is 0.244. The van der Waals surface area contributed by atoms with Crippen molar-refractivity contribution in [3.63, 3.8) is 0 Å². The molecule has 0 saturated carbocycles. The van der Waals surface area contributed by atoms with Gasteiger partial charge in [0.2, 0.25) is 0 Å². The molecule has 0 aliphatic carbocycles. The summed E-state index contributed by atoms with van der Waals surface area (Å²) < 4.78 is 1.05. The quantitative estimate of drug-likeness (QED) is 0.0671. The summed E-state index contributed by atoms with van der Waals surface area (Å²) >= 11 is 3.46. The number of phenols is 1. The summed E-state index contributed by atoms with van der Waals surface area (Å²) in [6.07, 6.45) is 1.69. The number of nitrogens with zero attached hydrogens (tertiary/aromatic N) is 1. The molecule has 3 nitrogen and oxygen atoms in total. The van der Waals surface area contributed by atoms with E-state index in [4.69, 9.17) is 4.79 Å². The van der Waals surface area contributed by atoms with E-state index in [0.29, 0.717) is 0 Å². The Morgan fingerprint density at radius 2 is 1.05 bits per heavy atom. The first-order valence-electron chi connectivity index (χ1n) is 12.4. The third-order valence-electron chi connectivity index (χ3n) is 5.91.